The molecule has 0 heterocycles. The van der Waals surface area contributed by atoms with Crippen molar-refractivity contribution in [3.63, 3.8) is 0 Å². The van der Waals surface area contributed by atoms with E-state index in [2.05, 4.69) is 0 Å². The van der Waals surface area contributed by atoms with Gasteiger partial charge in [0.1, 0.15) is 5.82 Å². The maximum atomic E-state index is 14.1. The number of benzene rings is 2. The normalized spacial score (nSPS) is 12.2. The standard InChI is InChI=1S/C16H18ClFN2/c1-11(19)12-7-8-16(15(18)9-12)20(2)10-13-5-3-4-6-14(13)17/h3-9,11H,10,19H2,1-2H3/t11-/m0/s1. The molecule has 2 aromatic carbocycles. The van der Waals surface area contributed by atoms with Crippen LogP contribution in [0.25, 0.3) is 0 Å². The van der Waals surface area contributed by atoms with Crippen LogP contribution in [0.4, 0.5) is 10.1 Å². The van der Waals surface area contributed by atoms with Crippen LogP contribution in [0.3, 0.4) is 0 Å². The summed E-state index contributed by atoms with van der Waals surface area (Å²) in [5, 5.41) is 0.687. The van der Waals surface area contributed by atoms with E-state index in [0.717, 1.165) is 11.1 Å². The van der Waals surface area contributed by atoms with E-state index in [1.54, 1.807) is 6.07 Å². The van der Waals surface area contributed by atoms with E-state index in [1.165, 1.54) is 6.07 Å². The van der Waals surface area contributed by atoms with Crippen molar-refractivity contribution in [3.8, 4) is 0 Å². The molecule has 0 bridgehead atoms. The summed E-state index contributed by atoms with van der Waals surface area (Å²) in [7, 11) is 1.84. The molecule has 2 N–H and O–H groups in total. The maximum absolute atomic E-state index is 14.1. The molecule has 0 saturated carbocycles. The highest BCUT2D eigenvalue weighted by Crippen LogP contribution is 2.25. The first-order valence-electron chi connectivity index (χ1n) is 6.48. The van der Waals surface area contributed by atoms with Crippen molar-refractivity contribution < 1.29 is 4.39 Å². The topological polar surface area (TPSA) is 29.3 Å². The van der Waals surface area contributed by atoms with Gasteiger partial charge in [-0.2, -0.15) is 0 Å². The number of hydrogen-bond donors (Lipinski definition) is 1. The fourth-order valence-electron chi connectivity index (χ4n) is 2.08. The number of anilines is 1. The molecule has 0 radical (unpaired) electrons. The smallest absolute Gasteiger partial charge is 0.146 e. The third-order valence-electron chi connectivity index (χ3n) is 3.27. The molecule has 0 spiro atoms. The zero-order valence-electron chi connectivity index (χ0n) is 11.6. The summed E-state index contributed by atoms with van der Waals surface area (Å²) in [6, 6.07) is 12.5. The summed E-state index contributed by atoms with van der Waals surface area (Å²) in [6.45, 7) is 2.38. The van der Waals surface area contributed by atoms with Crippen LogP contribution in [0.15, 0.2) is 42.5 Å². The van der Waals surface area contributed by atoms with Crippen LogP contribution >= 0.6 is 11.6 Å². The van der Waals surface area contributed by atoms with Crippen molar-refractivity contribution in [1.29, 1.82) is 0 Å². The van der Waals surface area contributed by atoms with Crippen LogP contribution in [0.2, 0.25) is 5.02 Å². The molecule has 20 heavy (non-hydrogen) atoms. The highest BCUT2D eigenvalue weighted by Gasteiger charge is 2.11. The van der Waals surface area contributed by atoms with Gasteiger partial charge < -0.3 is 10.6 Å². The van der Waals surface area contributed by atoms with Gasteiger partial charge in [0.25, 0.3) is 0 Å². The Morgan fingerprint density at radius 3 is 2.55 bits per heavy atom. The molecule has 106 valence electrons. The lowest BCUT2D eigenvalue weighted by Gasteiger charge is -2.21. The number of halogens is 2. The van der Waals surface area contributed by atoms with E-state index in [1.807, 2.05) is 49.2 Å². The Morgan fingerprint density at radius 1 is 1.25 bits per heavy atom. The summed E-state index contributed by atoms with van der Waals surface area (Å²) in [5.74, 6) is -0.269. The van der Waals surface area contributed by atoms with Crippen molar-refractivity contribution in [2.75, 3.05) is 11.9 Å². The Morgan fingerprint density at radius 2 is 1.95 bits per heavy atom. The lowest BCUT2D eigenvalue weighted by Crippen LogP contribution is -2.18. The second kappa shape index (κ2) is 6.25. The van der Waals surface area contributed by atoms with Crippen molar-refractivity contribution in [2.24, 2.45) is 5.73 Å². The average Bonchev–Trinajstić information content (AvgIpc) is 2.41. The minimum absolute atomic E-state index is 0.174. The first-order valence-corrected chi connectivity index (χ1v) is 6.86. The van der Waals surface area contributed by atoms with E-state index in [0.29, 0.717) is 17.3 Å². The van der Waals surface area contributed by atoms with Gasteiger partial charge in [-0.15, -0.1) is 0 Å². The molecule has 4 heteroatoms. The second-order valence-corrected chi connectivity index (χ2v) is 5.35. The molecule has 0 unspecified atom stereocenters. The molecule has 2 rings (SSSR count). The number of hydrogen-bond acceptors (Lipinski definition) is 2. The largest absolute Gasteiger partial charge is 0.368 e. The fourth-order valence-corrected chi connectivity index (χ4v) is 2.28. The molecule has 0 saturated heterocycles. The van der Waals surface area contributed by atoms with Gasteiger partial charge in [-0.3, -0.25) is 0 Å². The van der Waals surface area contributed by atoms with E-state index >= 15 is 0 Å². The molecule has 0 aromatic heterocycles. The van der Waals surface area contributed by atoms with Gasteiger partial charge in [0.2, 0.25) is 0 Å². The van der Waals surface area contributed by atoms with Crippen LogP contribution in [0, 0.1) is 5.82 Å². The molecule has 2 nitrogen and oxygen atoms in total. The Kier molecular flexibility index (Phi) is 4.63. The van der Waals surface area contributed by atoms with Crippen LogP contribution in [-0.4, -0.2) is 7.05 Å². The van der Waals surface area contributed by atoms with Crippen LogP contribution < -0.4 is 10.6 Å². The Hall–Kier alpha value is -1.58. The van der Waals surface area contributed by atoms with Crippen molar-refractivity contribution >= 4 is 17.3 Å². The zero-order chi connectivity index (χ0) is 14.7. The molecule has 1 atom stereocenters. The molecule has 0 amide bonds. The van der Waals surface area contributed by atoms with Crippen molar-refractivity contribution in [2.45, 2.75) is 19.5 Å². The van der Waals surface area contributed by atoms with Gasteiger partial charge in [0, 0.05) is 24.7 Å². The van der Waals surface area contributed by atoms with Crippen molar-refractivity contribution in [1.82, 2.24) is 0 Å². The fraction of sp³-hybridized carbons (Fsp3) is 0.250. The van der Waals surface area contributed by atoms with Crippen molar-refractivity contribution in [3.05, 3.63) is 64.4 Å². The maximum Gasteiger partial charge on any atom is 0.146 e. The van der Waals surface area contributed by atoms with E-state index in [9.17, 15) is 4.39 Å². The van der Waals surface area contributed by atoms with E-state index in [-0.39, 0.29) is 11.9 Å². The lowest BCUT2D eigenvalue weighted by atomic mass is 10.1. The molecular weight excluding hydrogens is 275 g/mol. The number of nitrogens with zero attached hydrogens (tertiary/aromatic N) is 1. The quantitative estimate of drug-likeness (QED) is 0.918. The number of nitrogens with two attached hydrogens (primary N) is 1. The van der Waals surface area contributed by atoms with Gasteiger partial charge in [0.05, 0.1) is 5.69 Å². The lowest BCUT2D eigenvalue weighted by molar-refractivity contribution is 0.617. The van der Waals surface area contributed by atoms with Crippen LogP contribution in [0.5, 0.6) is 0 Å². The van der Waals surface area contributed by atoms with E-state index < -0.39 is 0 Å². The van der Waals surface area contributed by atoms with Crippen LogP contribution in [-0.2, 0) is 6.54 Å². The van der Waals surface area contributed by atoms with Gasteiger partial charge >= 0.3 is 0 Å². The average molecular weight is 293 g/mol. The predicted molar refractivity (Wildman–Crippen MR) is 82.6 cm³/mol. The third-order valence-corrected chi connectivity index (χ3v) is 3.64. The highest BCUT2D eigenvalue weighted by molar-refractivity contribution is 6.31. The zero-order valence-corrected chi connectivity index (χ0v) is 12.4. The summed E-state index contributed by atoms with van der Waals surface area (Å²) in [6.07, 6.45) is 0. The molecule has 0 fully saturated rings. The summed E-state index contributed by atoms with van der Waals surface area (Å²) < 4.78 is 14.1. The predicted octanol–water partition coefficient (Wildman–Crippen LogP) is 4.14. The first-order chi connectivity index (χ1) is 9.49. The Bertz CT molecular complexity index is 599. The minimum Gasteiger partial charge on any atom is -0.368 e. The highest BCUT2D eigenvalue weighted by atomic mass is 35.5. The summed E-state index contributed by atoms with van der Waals surface area (Å²) >= 11 is 6.13. The molecule has 0 aliphatic carbocycles. The van der Waals surface area contributed by atoms with Crippen LogP contribution in [0.1, 0.15) is 24.1 Å². The molecule has 2 aromatic rings. The summed E-state index contributed by atoms with van der Waals surface area (Å²) in [4.78, 5) is 1.83. The minimum atomic E-state index is -0.269. The van der Waals surface area contributed by atoms with Gasteiger partial charge in [-0.1, -0.05) is 35.9 Å². The molecular formula is C16H18ClFN2. The van der Waals surface area contributed by atoms with E-state index in [4.69, 9.17) is 17.3 Å². The first kappa shape index (κ1) is 14.8. The SMILES string of the molecule is C[C@H](N)c1ccc(N(C)Cc2ccccc2Cl)c(F)c1. The Labute approximate surface area is 124 Å². The summed E-state index contributed by atoms with van der Waals surface area (Å²) in [5.41, 5.74) is 8.05. The van der Waals surface area contributed by atoms with Gasteiger partial charge in [-0.25, -0.2) is 4.39 Å². The Balaban J connectivity index is 2.21. The molecule has 0 aliphatic rings. The molecule has 0 aliphatic heterocycles. The van der Waals surface area contributed by atoms with Gasteiger partial charge in [0.15, 0.2) is 0 Å². The monoisotopic (exact) mass is 292 g/mol. The van der Waals surface area contributed by atoms with Gasteiger partial charge in [-0.05, 0) is 36.2 Å². The second-order valence-electron chi connectivity index (χ2n) is 4.95. The third kappa shape index (κ3) is 3.30. The number of rotatable bonds is 4.